The van der Waals surface area contributed by atoms with E-state index in [0.29, 0.717) is 18.2 Å². The van der Waals surface area contributed by atoms with Gasteiger partial charge in [0, 0.05) is 66.8 Å². The summed E-state index contributed by atoms with van der Waals surface area (Å²) < 4.78 is 0. The Morgan fingerprint density at radius 1 is 1.00 bits per heavy atom. The normalized spacial score (nSPS) is 13.4. The lowest BCUT2D eigenvalue weighted by Gasteiger charge is -2.39. The molecule has 204 valence electrons. The fourth-order valence-electron chi connectivity index (χ4n) is 4.51. The smallest absolute Gasteiger partial charge is 0.248 e. The molecular formula is C31H33N7O2. The number of likely N-dealkylation sites (tertiary alicyclic amines) is 1. The molecule has 9 nitrogen and oxygen atoms in total. The lowest BCUT2D eigenvalue weighted by atomic mass is 10.0. The number of nitrogens with one attached hydrogen (secondary N) is 3. The van der Waals surface area contributed by atoms with E-state index in [-0.39, 0.29) is 17.9 Å². The van der Waals surface area contributed by atoms with E-state index in [1.807, 2.05) is 103 Å². The highest BCUT2D eigenvalue weighted by atomic mass is 16.2. The van der Waals surface area contributed by atoms with E-state index < -0.39 is 0 Å². The predicted octanol–water partition coefficient (Wildman–Crippen LogP) is 4.74. The first-order valence-electron chi connectivity index (χ1n) is 13.2. The lowest BCUT2D eigenvalue weighted by molar-refractivity contribution is -0.132. The summed E-state index contributed by atoms with van der Waals surface area (Å²) in [6.45, 7) is 3.75. The van der Waals surface area contributed by atoms with Crippen LogP contribution in [0.25, 0.3) is 22.0 Å². The summed E-state index contributed by atoms with van der Waals surface area (Å²) in [4.78, 5) is 36.9. The molecule has 40 heavy (non-hydrogen) atoms. The predicted molar refractivity (Wildman–Crippen MR) is 161 cm³/mol. The number of fused-ring (bicyclic) bond motifs is 1. The third-order valence-electron chi connectivity index (χ3n) is 6.63. The van der Waals surface area contributed by atoms with Crippen molar-refractivity contribution in [2.24, 2.45) is 0 Å². The van der Waals surface area contributed by atoms with Crippen LogP contribution in [0.3, 0.4) is 0 Å². The van der Waals surface area contributed by atoms with E-state index in [9.17, 15) is 9.59 Å². The van der Waals surface area contributed by atoms with E-state index in [1.165, 1.54) is 0 Å². The van der Waals surface area contributed by atoms with Gasteiger partial charge in [0.25, 0.3) is 0 Å². The molecule has 1 aromatic heterocycles. The third-order valence-corrected chi connectivity index (χ3v) is 6.63. The molecule has 3 N–H and O–H groups in total. The van der Waals surface area contributed by atoms with Gasteiger partial charge in [-0.05, 0) is 56.1 Å². The summed E-state index contributed by atoms with van der Waals surface area (Å²) in [5.41, 5.74) is 5.29. The zero-order chi connectivity index (χ0) is 28.1. The molecule has 3 aromatic carbocycles. The number of hydrogen-bond donors (Lipinski definition) is 3. The van der Waals surface area contributed by atoms with Gasteiger partial charge in [0.05, 0.1) is 11.6 Å². The van der Waals surface area contributed by atoms with Gasteiger partial charge in [-0.15, -0.1) is 0 Å². The summed E-state index contributed by atoms with van der Waals surface area (Å²) in [6, 6.07) is 22.0. The molecule has 0 spiro atoms. The summed E-state index contributed by atoms with van der Waals surface area (Å²) in [7, 11) is 3.91. The van der Waals surface area contributed by atoms with Crippen molar-refractivity contribution < 1.29 is 9.59 Å². The Bertz CT molecular complexity index is 1540. The standard InChI is InChI=1S/C31H33N7O2/c1-21(39)38-19-27(20-38)33-24-12-14-25(15-13-24)35-31-32-18-23-8-5-10-28(30(23)36-31)22-7-4-9-26(17-22)34-29(40)11-6-16-37(2)3/h4-15,17-18,27,33H,16,19-20H2,1-3H3,(H,34,40)(H,32,35,36). The lowest BCUT2D eigenvalue weighted by Crippen LogP contribution is -2.56. The number of rotatable bonds is 9. The van der Waals surface area contributed by atoms with Crippen molar-refractivity contribution >= 4 is 45.7 Å². The molecule has 1 fully saturated rings. The van der Waals surface area contributed by atoms with E-state index in [0.717, 1.165) is 46.5 Å². The molecule has 1 aliphatic rings. The van der Waals surface area contributed by atoms with Gasteiger partial charge < -0.3 is 25.8 Å². The number of nitrogens with zero attached hydrogens (tertiary/aromatic N) is 4. The Hall–Kier alpha value is -4.76. The summed E-state index contributed by atoms with van der Waals surface area (Å²) in [5.74, 6) is 0.434. The molecule has 0 unspecified atom stereocenters. The number of hydrogen-bond acceptors (Lipinski definition) is 7. The number of benzene rings is 3. The molecule has 2 heterocycles. The minimum absolute atomic E-state index is 0.110. The molecule has 2 amide bonds. The number of likely N-dealkylation sites (N-methyl/N-ethyl adjacent to an activating group) is 1. The van der Waals surface area contributed by atoms with Gasteiger partial charge in [0.2, 0.25) is 17.8 Å². The van der Waals surface area contributed by atoms with Crippen LogP contribution in [0.2, 0.25) is 0 Å². The molecule has 0 aliphatic carbocycles. The molecule has 5 rings (SSSR count). The highest BCUT2D eigenvalue weighted by Gasteiger charge is 2.28. The SMILES string of the molecule is CC(=O)N1CC(Nc2ccc(Nc3ncc4cccc(-c5cccc(NC(=O)C=CCN(C)C)c5)c4n3)cc2)C1. The number of carbonyl (C=O) groups excluding carboxylic acids is 2. The second-order valence-corrected chi connectivity index (χ2v) is 10.1. The molecule has 0 saturated carbocycles. The van der Waals surface area contributed by atoms with Crippen LogP contribution in [-0.4, -0.2) is 71.4 Å². The van der Waals surface area contributed by atoms with Gasteiger partial charge in [-0.1, -0.05) is 36.4 Å². The maximum atomic E-state index is 12.3. The van der Waals surface area contributed by atoms with Crippen LogP contribution < -0.4 is 16.0 Å². The quantitative estimate of drug-likeness (QED) is 0.266. The Balaban J connectivity index is 1.29. The second-order valence-electron chi connectivity index (χ2n) is 10.1. The largest absolute Gasteiger partial charge is 0.379 e. The molecular weight excluding hydrogens is 502 g/mol. The van der Waals surface area contributed by atoms with Crippen LogP contribution in [0.1, 0.15) is 6.92 Å². The van der Waals surface area contributed by atoms with Gasteiger partial charge in [-0.3, -0.25) is 9.59 Å². The molecule has 4 aromatic rings. The minimum atomic E-state index is -0.169. The van der Waals surface area contributed by atoms with Crippen LogP contribution in [-0.2, 0) is 9.59 Å². The van der Waals surface area contributed by atoms with Gasteiger partial charge in [-0.2, -0.15) is 0 Å². The van der Waals surface area contributed by atoms with Crippen LogP contribution in [0, 0.1) is 0 Å². The number of para-hydroxylation sites is 1. The van der Waals surface area contributed by atoms with E-state index in [4.69, 9.17) is 4.98 Å². The minimum Gasteiger partial charge on any atom is -0.379 e. The Kier molecular flexibility index (Phi) is 8.02. The summed E-state index contributed by atoms with van der Waals surface area (Å²) in [5, 5.41) is 10.6. The van der Waals surface area contributed by atoms with Crippen LogP contribution in [0.4, 0.5) is 23.0 Å². The number of aromatic nitrogens is 2. The van der Waals surface area contributed by atoms with Gasteiger partial charge >= 0.3 is 0 Å². The molecule has 1 aliphatic heterocycles. The van der Waals surface area contributed by atoms with Crippen molar-refractivity contribution in [3.05, 3.63) is 85.1 Å². The van der Waals surface area contributed by atoms with Gasteiger partial charge in [0.15, 0.2) is 0 Å². The number of amides is 2. The Labute approximate surface area is 233 Å². The highest BCUT2D eigenvalue weighted by Crippen LogP contribution is 2.30. The first kappa shape index (κ1) is 26.8. The highest BCUT2D eigenvalue weighted by molar-refractivity contribution is 6.00. The fraction of sp³-hybridized carbons (Fsp3) is 0.226. The average Bonchev–Trinajstić information content (AvgIpc) is 2.90. The first-order valence-corrected chi connectivity index (χ1v) is 13.2. The number of anilines is 4. The van der Waals surface area contributed by atoms with E-state index >= 15 is 0 Å². The molecule has 9 heteroatoms. The van der Waals surface area contributed by atoms with Crippen molar-refractivity contribution in [2.75, 3.05) is 49.7 Å². The number of carbonyl (C=O) groups is 2. The molecule has 1 saturated heterocycles. The fourth-order valence-corrected chi connectivity index (χ4v) is 4.51. The van der Waals surface area contributed by atoms with Crippen LogP contribution in [0.15, 0.2) is 85.1 Å². The van der Waals surface area contributed by atoms with Crippen molar-refractivity contribution in [3.63, 3.8) is 0 Å². The van der Waals surface area contributed by atoms with Gasteiger partial charge in [0.1, 0.15) is 0 Å². The zero-order valence-electron chi connectivity index (χ0n) is 22.9. The molecule has 0 radical (unpaired) electrons. The van der Waals surface area contributed by atoms with Crippen molar-refractivity contribution in [3.8, 4) is 11.1 Å². The zero-order valence-corrected chi connectivity index (χ0v) is 22.9. The van der Waals surface area contributed by atoms with Crippen LogP contribution in [0.5, 0.6) is 0 Å². The maximum Gasteiger partial charge on any atom is 0.248 e. The van der Waals surface area contributed by atoms with Gasteiger partial charge in [-0.25, -0.2) is 9.97 Å². The molecule has 0 atom stereocenters. The third kappa shape index (κ3) is 6.62. The van der Waals surface area contributed by atoms with Crippen LogP contribution >= 0.6 is 0 Å². The van der Waals surface area contributed by atoms with Crippen molar-refractivity contribution in [1.82, 2.24) is 19.8 Å². The summed E-state index contributed by atoms with van der Waals surface area (Å²) >= 11 is 0. The maximum absolute atomic E-state index is 12.3. The average molecular weight is 536 g/mol. The molecule has 0 bridgehead atoms. The summed E-state index contributed by atoms with van der Waals surface area (Å²) in [6.07, 6.45) is 5.19. The van der Waals surface area contributed by atoms with Crippen molar-refractivity contribution in [2.45, 2.75) is 13.0 Å². The topological polar surface area (TPSA) is 102 Å². The second kappa shape index (κ2) is 12.0. The van der Waals surface area contributed by atoms with Crippen molar-refractivity contribution in [1.29, 1.82) is 0 Å². The Morgan fingerprint density at radius 3 is 2.50 bits per heavy atom. The Morgan fingerprint density at radius 2 is 1.75 bits per heavy atom. The van der Waals surface area contributed by atoms with E-state index in [2.05, 4.69) is 20.9 Å². The monoisotopic (exact) mass is 535 g/mol. The van der Waals surface area contributed by atoms with E-state index in [1.54, 1.807) is 13.0 Å². The first-order chi connectivity index (χ1) is 19.3.